The van der Waals surface area contributed by atoms with Gasteiger partial charge in [0, 0.05) is 31.4 Å². The van der Waals surface area contributed by atoms with Crippen molar-refractivity contribution in [2.45, 2.75) is 0 Å². The van der Waals surface area contributed by atoms with Gasteiger partial charge in [0.1, 0.15) is 11.5 Å². The zero-order valence-corrected chi connectivity index (χ0v) is 12.7. The Morgan fingerprint density at radius 3 is 1.39 bits per heavy atom. The van der Waals surface area contributed by atoms with E-state index in [4.69, 9.17) is 13.6 Å². The van der Waals surface area contributed by atoms with Crippen molar-refractivity contribution in [3.63, 3.8) is 0 Å². The standard InChI is InChI=1S/C13H11N2O7P/c1-20-23(21-12-6-2-10(3-7-12)14(16)17)22-13-8-4-11(5-9-13)15(18)19/h2-9H,1H3. The molecule has 0 unspecified atom stereocenters. The summed E-state index contributed by atoms with van der Waals surface area (Å²) in [4.78, 5) is 20.1. The largest absolute Gasteiger partial charge is 0.462 e. The predicted octanol–water partition coefficient (Wildman–Crippen LogP) is 3.83. The average molecular weight is 338 g/mol. The molecule has 120 valence electrons. The van der Waals surface area contributed by atoms with Crippen LogP contribution in [0.25, 0.3) is 0 Å². The summed E-state index contributed by atoms with van der Waals surface area (Å²) in [6, 6.07) is 10.9. The van der Waals surface area contributed by atoms with Gasteiger partial charge in [-0.2, -0.15) is 0 Å². The maximum atomic E-state index is 10.6. The Bertz CT molecular complexity index is 631. The maximum absolute atomic E-state index is 10.6. The van der Waals surface area contributed by atoms with E-state index in [1.54, 1.807) is 0 Å². The molecule has 0 radical (unpaired) electrons. The number of nitro benzene ring substituents is 2. The number of hydrogen-bond acceptors (Lipinski definition) is 7. The second-order valence-electron chi connectivity index (χ2n) is 4.09. The monoisotopic (exact) mass is 338 g/mol. The summed E-state index contributed by atoms with van der Waals surface area (Å²) in [6.07, 6.45) is 0. The van der Waals surface area contributed by atoms with Gasteiger partial charge in [0.15, 0.2) is 0 Å². The Morgan fingerprint density at radius 2 is 1.13 bits per heavy atom. The molecule has 0 saturated heterocycles. The molecule has 0 aliphatic heterocycles. The lowest BCUT2D eigenvalue weighted by Gasteiger charge is -2.15. The molecule has 0 saturated carbocycles. The lowest BCUT2D eigenvalue weighted by Crippen LogP contribution is -1.98. The van der Waals surface area contributed by atoms with Gasteiger partial charge in [-0.3, -0.25) is 24.8 Å². The predicted molar refractivity (Wildman–Crippen MR) is 81.4 cm³/mol. The van der Waals surface area contributed by atoms with E-state index >= 15 is 0 Å². The Balaban J connectivity index is 2.02. The number of nitrogens with zero attached hydrogens (tertiary/aromatic N) is 2. The molecule has 0 N–H and O–H groups in total. The third kappa shape index (κ3) is 4.60. The second-order valence-corrected chi connectivity index (χ2v) is 5.27. The van der Waals surface area contributed by atoms with Crippen LogP contribution in [-0.2, 0) is 4.52 Å². The molecule has 0 aliphatic rings. The SMILES string of the molecule is COP(Oc1ccc([N+](=O)[O-])cc1)Oc1ccc([N+](=O)[O-])cc1. The van der Waals surface area contributed by atoms with Crippen LogP contribution in [0, 0.1) is 20.2 Å². The fourth-order valence-electron chi connectivity index (χ4n) is 1.52. The minimum absolute atomic E-state index is 0.0598. The van der Waals surface area contributed by atoms with E-state index in [-0.39, 0.29) is 11.4 Å². The van der Waals surface area contributed by atoms with E-state index in [9.17, 15) is 20.2 Å². The van der Waals surface area contributed by atoms with Gasteiger partial charge >= 0.3 is 8.60 Å². The van der Waals surface area contributed by atoms with Crippen molar-refractivity contribution < 1.29 is 23.4 Å². The van der Waals surface area contributed by atoms with Crippen molar-refractivity contribution in [1.29, 1.82) is 0 Å². The summed E-state index contributed by atoms with van der Waals surface area (Å²) in [5.41, 5.74) is -0.120. The van der Waals surface area contributed by atoms with Gasteiger partial charge in [-0.05, 0) is 24.3 Å². The van der Waals surface area contributed by atoms with Crippen LogP contribution in [0.3, 0.4) is 0 Å². The summed E-state index contributed by atoms with van der Waals surface area (Å²) in [5, 5.41) is 21.2. The normalized spacial score (nSPS) is 10.3. The van der Waals surface area contributed by atoms with Gasteiger partial charge in [0.25, 0.3) is 11.4 Å². The third-order valence-electron chi connectivity index (χ3n) is 2.60. The van der Waals surface area contributed by atoms with Crippen LogP contribution in [0.5, 0.6) is 11.5 Å². The Morgan fingerprint density at radius 1 is 0.783 bits per heavy atom. The number of hydrogen-bond donors (Lipinski definition) is 0. The maximum Gasteiger partial charge on any atom is 0.462 e. The summed E-state index contributed by atoms with van der Waals surface area (Å²) < 4.78 is 16.0. The van der Waals surface area contributed by atoms with Crippen LogP contribution in [0.2, 0.25) is 0 Å². The molecule has 0 bridgehead atoms. The highest BCUT2D eigenvalue weighted by Crippen LogP contribution is 2.41. The average Bonchev–Trinajstić information content (AvgIpc) is 2.55. The van der Waals surface area contributed by atoms with Crippen molar-refractivity contribution >= 4 is 20.0 Å². The lowest BCUT2D eigenvalue weighted by molar-refractivity contribution is -0.385. The van der Waals surface area contributed by atoms with Gasteiger partial charge in [-0.1, -0.05) is 0 Å². The van der Waals surface area contributed by atoms with Crippen LogP contribution >= 0.6 is 8.60 Å². The van der Waals surface area contributed by atoms with Crippen molar-refractivity contribution in [2.75, 3.05) is 7.11 Å². The molecule has 2 rings (SSSR count). The first-order valence-corrected chi connectivity index (χ1v) is 7.28. The van der Waals surface area contributed by atoms with Crippen LogP contribution in [0.15, 0.2) is 48.5 Å². The van der Waals surface area contributed by atoms with Crippen molar-refractivity contribution in [1.82, 2.24) is 0 Å². The molecule has 10 heteroatoms. The van der Waals surface area contributed by atoms with Gasteiger partial charge in [-0.15, -0.1) is 0 Å². The van der Waals surface area contributed by atoms with Crippen molar-refractivity contribution in [3.8, 4) is 11.5 Å². The summed E-state index contributed by atoms with van der Waals surface area (Å²) in [6.45, 7) is 0. The molecule has 2 aromatic rings. The van der Waals surface area contributed by atoms with Gasteiger partial charge < -0.3 is 9.05 Å². The number of rotatable bonds is 7. The molecule has 0 aromatic heterocycles. The quantitative estimate of drug-likeness (QED) is 0.428. The Labute approximate surface area is 131 Å². The first-order valence-electron chi connectivity index (χ1n) is 6.18. The highest BCUT2D eigenvalue weighted by molar-refractivity contribution is 7.42. The molecular formula is C13H11N2O7P. The van der Waals surface area contributed by atoms with E-state index in [1.807, 2.05) is 0 Å². The Hall–Kier alpha value is -2.77. The summed E-state index contributed by atoms with van der Waals surface area (Å²) in [5.74, 6) is 0.677. The molecule has 9 nitrogen and oxygen atoms in total. The van der Waals surface area contributed by atoms with Crippen LogP contribution < -0.4 is 9.05 Å². The Kier molecular flexibility index (Phi) is 5.40. The van der Waals surface area contributed by atoms with Crippen LogP contribution in [0.4, 0.5) is 11.4 Å². The van der Waals surface area contributed by atoms with E-state index in [0.29, 0.717) is 11.5 Å². The van der Waals surface area contributed by atoms with Gasteiger partial charge in [0.2, 0.25) is 0 Å². The van der Waals surface area contributed by atoms with E-state index in [2.05, 4.69) is 0 Å². The molecule has 23 heavy (non-hydrogen) atoms. The molecule has 0 fully saturated rings. The molecule has 0 amide bonds. The highest BCUT2D eigenvalue weighted by Gasteiger charge is 2.16. The third-order valence-corrected chi connectivity index (χ3v) is 3.62. The zero-order valence-electron chi connectivity index (χ0n) is 11.8. The fraction of sp³-hybridized carbons (Fsp3) is 0.0769. The molecule has 2 aromatic carbocycles. The highest BCUT2D eigenvalue weighted by atomic mass is 31.2. The van der Waals surface area contributed by atoms with Crippen LogP contribution in [-0.4, -0.2) is 17.0 Å². The van der Waals surface area contributed by atoms with Gasteiger partial charge in [0.05, 0.1) is 9.85 Å². The number of non-ortho nitro benzene ring substituents is 2. The molecule has 0 aliphatic carbocycles. The van der Waals surface area contributed by atoms with Crippen molar-refractivity contribution in [2.24, 2.45) is 0 Å². The molecule has 0 heterocycles. The molecular weight excluding hydrogens is 327 g/mol. The fourth-order valence-corrected chi connectivity index (χ4v) is 2.30. The zero-order chi connectivity index (χ0) is 16.8. The topological polar surface area (TPSA) is 114 Å². The smallest absolute Gasteiger partial charge is 0.418 e. The number of nitro groups is 2. The minimum atomic E-state index is -1.80. The summed E-state index contributed by atoms with van der Waals surface area (Å²) >= 11 is 0. The molecule has 0 spiro atoms. The van der Waals surface area contributed by atoms with E-state index in [1.165, 1.54) is 55.6 Å². The lowest BCUT2D eigenvalue weighted by atomic mass is 10.3. The number of benzene rings is 2. The van der Waals surface area contributed by atoms with E-state index in [0.717, 1.165) is 0 Å². The summed E-state index contributed by atoms with van der Waals surface area (Å²) in [7, 11) is -0.423. The van der Waals surface area contributed by atoms with Gasteiger partial charge in [-0.25, -0.2) is 0 Å². The second kappa shape index (κ2) is 7.48. The van der Waals surface area contributed by atoms with Crippen LogP contribution in [0.1, 0.15) is 0 Å². The van der Waals surface area contributed by atoms with E-state index < -0.39 is 18.4 Å². The molecule has 0 atom stereocenters. The minimum Gasteiger partial charge on any atom is -0.418 e. The first kappa shape index (κ1) is 16.6. The van der Waals surface area contributed by atoms with Crippen molar-refractivity contribution in [3.05, 3.63) is 68.8 Å². The first-order chi connectivity index (χ1) is 11.0.